The molecule has 0 aliphatic carbocycles. The zero-order valence-electron chi connectivity index (χ0n) is 14.1. The Morgan fingerprint density at radius 3 is 2.16 bits per heavy atom. The molecule has 2 rings (SSSR count). The number of amides is 3. The SMILES string of the molecule is CC(=O)N(C)c1ccc(NC(=O)Nc2ccc(C)c([N+](=O)[O-])c2)cc1. The maximum Gasteiger partial charge on any atom is 0.323 e. The minimum absolute atomic E-state index is 0.0607. The molecule has 2 N–H and O–H groups in total. The second-order valence-electron chi connectivity index (χ2n) is 5.46. The van der Waals surface area contributed by atoms with E-state index in [-0.39, 0.29) is 11.6 Å². The topological polar surface area (TPSA) is 105 Å². The number of urea groups is 1. The Morgan fingerprint density at radius 1 is 1.04 bits per heavy atom. The Bertz CT molecular complexity index is 818. The normalized spacial score (nSPS) is 10.0. The van der Waals surface area contributed by atoms with E-state index in [0.29, 0.717) is 22.6 Å². The van der Waals surface area contributed by atoms with Crippen LogP contribution in [0.1, 0.15) is 12.5 Å². The Hall–Kier alpha value is -3.42. The van der Waals surface area contributed by atoms with Crippen molar-refractivity contribution in [3.8, 4) is 0 Å². The van der Waals surface area contributed by atoms with Gasteiger partial charge in [-0.3, -0.25) is 14.9 Å². The smallest absolute Gasteiger partial charge is 0.316 e. The number of nitro groups is 1. The van der Waals surface area contributed by atoms with Gasteiger partial charge in [0, 0.05) is 42.7 Å². The highest BCUT2D eigenvalue weighted by Crippen LogP contribution is 2.22. The van der Waals surface area contributed by atoms with Gasteiger partial charge in [-0.1, -0.05) is 6.07 Å². The quantitative estimate of drug-likeness (QED) is 0.655. The zero-order chi connectivity index (χ0) is 18.6. The molecular formula is C17H18N4O4. The first-order valence-corrected chi connectivity index (χ1v) is 7.45. The van der Waals surface area contributed by atoms with E-state index < -0.39 is 11.0 Å². The van der Waals surface area contributed by atoms with Crippen molar-refractivity contribution in [1.29, 1.82) is 0 Å². The van der Waals surface area contributed by atoms with Gasteiger partial charge in [0.2, 0.25) is 5.91 Å². The molecular weight excluding hydrogens is 324 g/mol. The molecule has 8 nitrogen and oxygen atoms in total. The molecule has 0 saturated heterocycles. The summed E-state index contributed by atoms with van der Waals surface area (Å²) >= 11 is 0. The van der Waals surface area contributed by atoms with Crippen LogP contribution in [0.4, 0.5) is 27.5 Å². The molecule has 0 bridgehead atoms. The number of hydrogen-bond acceptors (Lipinski definition) is 4. The molecule has 0 aliphatic rings. The first kappa shape index (κ1) is 17.9. The summed E-state index contributed by atoms with van der Waals surface area (Å²) in [5.74, 6) is -0.0978. The molecule has 0 fully saturated rings. The van der Waals surface area contributed by atoms with Crippen LogP contribution in [0.2, 0.25) is 0 Å². The highest BCUT2D eigenvalue weighted by atomic mass is 16.6. The standard InChI is InChI=1S/C17H18N4O4/c1-11-4-5-14(10-16(11)21(24)25)19-17(23)18-13-6-8-15(9-7-13)20(3)12(2)22/h4-10H,1-3H3,(H2,18,19,23). The van der Waals surface area contributed by atoms with Crippen LogP contribution in [0, 0.1) is 17.0 Å². The third-order valence-corrected chi connectivity index (χ3v) is 3.65. The van der Waals surface area contributed by atoms with Crippen molar-refractivity contribution in [2.75, 3.05) is 22.6 Å². The number of anilines is 3. The molecule has 0 spiro atoms. The van der Waals surface area contributed by atoms with Crippen LogP contribution >= 0.6 is 0 Å². The summed E-state index contributed by atoms with van der Waals surface area (Å²) in [4.78, 5) is 35.2. The monoisotopic (exact) mass is 342 g/mol. The Morgan fingerprint density at radius 2 is 1.60 bits per heavy atom. The summed E-state index contributed by atoms with van der Waals surface area (Å²) in [6, 6.07) is 10.7. The highest BCUT2D eigenvalue weighted by Gasteiger charge is 2.12. The Labute approximate surface area is 144 Å². The fourth-order valence-corrected chi connectivity index (χ4v) is 2.13. The minimum Gasteiger partial charge on any atom is -0.316 e. The van der Waals surface area contributed by atoms with E-state index in [1.165, 1.54) is 17.9 Å². The van der Waals surface area contributed by atoms with Gasteiger partial charge < -0.3 is 15.5 Å². The Balaban J connectivity index is 2.04. The lowest BCUT2D eigenvalue weighted by molar-refractivity contribution is -0.385. The molecule has 0 aromatic heterocycles. The third-order valence-electron chi connectivity index (χ3n) is 3.65. The molecule has 2 aromatic rings. The zero-order valence-corrected chi connectivity index (χ0v) is 14.1. The van der Waals surface area contributed by atoms with Crippen LogP contribution in [-0.4, -0.2) is 23.9 Å². The number of hydrogen-bond donors (Lipinski definition) is 2. The molecule has 0 atom stereocenters. The van der Waals surface area contributed by atoms with Gasteiger partial charge >= 0.3 is 6.03 Å². The van der Waals surface area contributed by atoms with Crippen LogP contribution in [0.25, 0.3) is 0 Å². The van der Waals surface area contributed by atoms with Gasteiger partial charge in [-0.25, -0.2) is 4.79 Å². The van der Waals surface area contributed by atoms with E-state index in [1.54, 1.807) is 50.4 Å². The van der Waals surface area contributed by atoms with Crippen molar-refractivity contribution in [3.05, 3.63) is 58.1 Å². The van der Waals surface area contributed by atoms with Crippen molar-refractivity contribution in [2.45, 2.75) is 13.8 Å². The van der Waals surface area contributed by atoms with Crippen LogP contribution < -0.4 is 15.5 Å². The van der Waals surface area contributed by atoms with Crippen molar-refractivity contribution in [3.63, 3.8) is 0 Å². The van der Waals surface area contributed by atoms with Gasteiger partial charge in [-0.05, 0) is 37.3 Å². The lowest BCUT2D eigenvalue weighted by Crippen LogP contribution is -2.23. The van der Waals surface area contributed by atoms with Gasteiger partial charge in [0.1, 0.15) is 0 Å². The van der Waals surface area contributed by atoms with Gasteiger partial charge in [0.25, 0.3) is 5.69 Å². The number of aryl methyl sites for hydroxylation is 1. The molecule has 8 heteroatoms. The van der Waals surface area contributed by atoms with Gasteiger partial charge in [-0.15, -0.1) is 0 Å². The lowest BCUT2D eigenvalue weighted by Gasteiger charge is -2.15. The number of rotatable bonds is 4. The third kappa shape index (κ3) is 4.54. The summed E-state index contributed by atoms with van der Waals surface area (Å²) < 4.78 is 0. The van der Waals surface area contributed by atoms with Crippen molar-refractivity contribution in [2.24, 2.45) is 0 Å². The average molecular weight is 342 g/mol. The highest BCUT2D eigenvalue weighted by molar-refractivity contribution is 6.00. The number of nitrogens with zero attached hydrogens (tertiary/aromatic N) is 2. The van der Waals surface area contributed by atoms with Crippen LogP contribution in [0.5, 0.6) is 0 Å². The lowest BCUT2D eigenvalue weighted by atomic mass is 10.2. The molecule has 0 unspecified atom stereocenters. The molecule has 25 heavy (non-hydrogen) atoms. The number of carbonyl (C=O) groups is 2. The fourth-order valence-electron chi connectivity index (χ4n) is 2.13. The van der Waals surface area contributed by atoms with Crippen molar-refractivity contribution in [1.82, 2.24) is 0 Å². The summed E-state index contributed by atoms with van der Waals surface area (Å²) in [5, 5.41) is 16.1. The number of carbonyl (C=O) groups excluding carboxylic acids is 2. The first-order chi connectivity index (χ1) is 11.8. The summed E-state index contributed by atoms with van der Waals surface area (Å²) in [6.07, 6.45) is 0. The van der Waals surface area contributed by atoms with E-state index >= 15 is 0 Å². The van der Waals surface area contributed by atoms with E-state index in [1.807, 2.05) is 0 Å². The van der Waals surface area contributed by atoms with E-state index in [9.17, 15) is 19.7 Å². The fraction of sp³-hybridized carbons (Fsp3) is 0.176. The maximum atomic E-state index is 12.0. The molecule has 2 aromatic carbocycles. The molecule has 0 radical (unpaired) electrons. The molecule has 0 aliphatic heterocycles. The van der Waals surface area contributed by atoms with E-state index in [2.05, 4.69) is 10.6 Å². The summed E-state index contributed by atoms with van der Waals surface area (Å²) in [7, 11) is 1.65. The second-order valence-corrected chi connectivity index (χ2v) is 5.46. The van der Waals surface area contributed by atoms with Gasteiger partial charge in [-0.2, -0.15) is 0 Å². The van der Waals surface area contributed by atoms with Crippen molar-refractivity contribution < 1.29 is 14.5 Å². The summed E-state index contributed by atoms with van der Waals surface area (Å²) in [5.41, 5.74) is 2.01. The van der Waals surface area contributed by atoms with Crippen LogP contribution in [0.15, 0.2) is 42.5 Å². The first-order valence-electron chi connectivity index (χ1n) is 7.45. The molecule has 3 amide bonds. The predicted octanol–water partition coefficient (Wildman–Crippen LogP) is 3.53. The minimum atomic E-state index is -0.522. The van der Waals surface area contributed by atoms with Crippen molar-refractivity contribution >= 4 is 34.7 Å². The van der Waals surface area contributed by atoms with Crippen LogP contribution in [-0.2, 0) is 4.79 Å². The van der Waals surface area contributed by atoms with Gasteiger partial charge in [0.05, 0.1) is 4.92 Å². The Kier molecular flexibility index (Phi) is 5.33. The summed E-state index contributed by atoms with van der Waals surface area (Å²) in [6.45, 7) is 3.09. The van der Waals surface area contributed by atoms with Gasteiger partial charge in [0.15, 0.2) is 0 Å². The number of nitrogens with one attached hydrogen (secondary N) is 2. The molecule has 0 heterocycles. The number of benzene rings is 2. The van der Waals surface area contributed by atoms with Crippen LogP contribution in [0.3, 0.4) is 0 Å². The largest absolute Gasteiger partial charge is 0.323 e. The van der Waals surface area contributed by atoms with E-state index in [0.717, 1.165) is 0 Å². The molecule has 130 valence electrons. The molecule has 0 saturated carbocycles. The maximum absolute atomic E-state index is 12.0. The number of nitro benzene ring substituents is 1. The average Bonchev–Trinajstić information content (AvgIpc) is 2.56. The predicted molar refractivity (Wildman–Crippen MR) is 96.0 cm³/mol. The van der Waals surface area contributed by atoms with E-state index in [4.69, 9.17) is 0 Å². The second kappa shape index (κ2) is 7.43.